The number of aromatic nitrogens is 3. The maximum atomic E-state index is 4.41. The van der Waals surface area contributed by atoms with Gasteiger partial charge in [-0.05, 0) is 55.6 Å². The van der Waals surface area contributed by atoms with E-state index in [0.29, 0.717) is 6.04 Å². The molecule has 3 aromatic rings. The van der Waals surface area contributed by atoms with Gasteiger partial charge in [0.15, 0.2) is 0 Å². The number of nitrogens with one attached hydrogen (secondary N) is 1. The van der Waals surface area contributed by atoms with Gasteiger partial charge in [-0.3, -0.25) is 0 Å². The fourth-order valence-electron chi connectivity index (χ4n) is 3.40. The molecule has 0 saturated carbocycles. The van der Waals surface area contributed by atoms with Gasteiger partial charge in [0, 0.05) is 5.56 Å². The molecular weight excluding hydrogens is 296 g/mol. The monoisotopic (exact) mass is 318 g/mol. The maximum absolute atomic E-state index is 4.41. The van der Waals surface area contributed by atoms with Crippen LogP contribution in [0.5, 0.6) is 0 Å². The lowest BCUT2D eigenvalue weighted by atomic mass is 9.98. The number of hydrogen-bond acceptors (Lipinski definition) is 3. The Morgan fingerprint density at radius 3 is 2.62 bits per heavy atom. The molecule has 0 spiro atoms. The van der Waals surface area contributed by atoms with E-state index >= 15 is 0 Å². The fraction of sp³-hybridized carbons (Fsp3) is 0.300. The highest BCUT2D eigenvalue weighted by Gasteiger charge is 2.17. The molecule has 1 saturated heterocycles. The molecule has 4 rings (SSSR count). The summed E-state index contributed by atoms with van der Waals surface area (Å²) in [7, 11) is 0. The molecule has 0 amide bonds. The zero-order chi connectivity index (χ0) is 16.4. The van der Waals surface area contributed by atoms with Crippen LogP contribution in [0.15, 0.2) is 54.7 Å². The Balaban J connectivity index is 1.64. The van der Waals surface area contributed by atoms with Crippen LogP contribution in [0.4, 0.5) is 0 Å². The summed E-state index contributed by atoms with van der Waals surface area (Å²) in [6.07, 6.45) is 4.32. The highest BCUT2D eigenvalue weighted by Crippen LogP contribution is 2.28. The Kier molecular flexibility index (Phi) is 4.13. The molecule has 2 aromatic carbocycles. The van der Waals surface area contributed by atoms with E-state index in [-0.39, 0.29) is 0 Å². The summed E-state index contributed by atoms with van der Waals surface area (Å²) >= 11 is 0. The van der Waals surface area contributed by atoms with E-state index in [0.717, 1.165) is 37.2 Å². The summed E-state index contributed by atoms with van der Waals surface area (Å²) in [5, 5.41) is 12.2. The quantitative estimate of drug-likeness (QED) is 0.798. The molecule has 122 valence electrons. The van der Waals surface area contributed by atoms with Crippen LogP contribution in [0.2, 0.25) is 0 Å². The van der Waals surface area contributed by atoms with Crippen molar-refractivity contribution in [2.24, 2.45) is 0 Å². The van der Waals surface area contributed by atoms with E-state index in [2.05, 4.69) is 77.3 Å². The van der Waals surface area contributed by atoms with Gasteiger partial charge in [0.25, 0.3) is 0 Å². The predicted octanol–water partition coefficient (Wildman–Crippen LogP) is 3.85. The summed E-state index contributed by atoms with van der Waals surface area (Å²) in [6.45, 7) is 4.26. The second-order valence-corrected chi connectivity index (χ2v) is 6.46. The Labute approximate surface area is 142 Å². The van der Waals surface area contributed by atoms with E-state index in [1.54, 1.807) is 0 Å². The van der Waals surface area contributed by atoms with Gasteiger partial charge in [0.1, 0.15) is 5.69 Å². The normalized spacial score (nSPS) is 15.5. The Bertz CT molecular complexity index is 831. The van der Waals surface area contributed by atoms with E-state index in [4.69, 9.17) is 0 Å². The van der Waals surface area contributed by atoms with Gasteiger partial charge in [-0.1, -0.05) is 47.7 Å². The van der Waals surface area contributed by atoms with Crippen molar-refractivity contribution >= 4 is 0 Å². The molecule has 4 nitrogen and oxygen atoms in total. The fourth-order valence-corrected chi connectivity index (χ4v) is 3.40. The van der Waals surface area contributed by atoms with Crippen molar-refractivity contribution in [3.8, 4) is 22.4 Å². The lowest BCUT2D eigenvalue weighted by Gasteiger charge is -2.22. The Morgan fingerprint density at radius 2 is 1.79 bits per heavy atom. The van der Waals surface area contributed by atoms with Gasteiger partial charge in [0.05, 0.1) is 12.2 Å². The minimum atomic E-state index is 0.465. The van der Waals surface area contributed by atoms with Crippen LogP contribution in [-0.4, -0.2) is 28.1 Å². The third-order valence-corrected chi connectivity index (χ3v) is 4.81. The van der Waals surface area contributed by atoms with E-state index in [9.17, 15) is 0 Å². The third-order valence-electron chi connectivity index (χ3n) is 4.81. The van der Waals surface area contributed by atoms with Gasteiger partial charge in [-0.2, -0.15) is 0 Å². The van der Waals surface area contributed by atoms with Crippen molar-refractivity contribution in [3.05, 3.63) is 60.3 Å². The van der Waals surface area contributed by atoms with Gasteiger partial charge >= 0.3 is 0 Å². The molecule has 1 fully saturated rings. The van der Waals surface area contributed by atoms with Gasteiger partial charge in [-0.25, -0.2) is 4.68 Å². The number of benzene rings is 2. The molecule has 1 N–H and O–H groups in total. The summed E-state index contributed by atoms with van der Waals surface area (Å²) in [5.74, 6) is 0. The molecule has 1 aliphatic rings. The van der Waals surface area contributed by atoms with Crippen molar-refractivity contribution in [3.63, 3.8) is 0 Å². The molecule has 0 bridgehead atoms. The average Bonchev–Trinajstić information content (AvgIpc) is 3.13. The molecule has 4 heteroatoms. The first-order valence-corrected chi connectivity index (χ1v) is 8.60. The number of aryl methyl sites for hydroxylation is 1. The van der Waals surface area contributed by atoms with Crippen molar-refractivity contribution < 1.29 is 0 Å². The summed E-state index contributed by atoms with van der Waals surface area (Å²) < 4.78 is 2.04. The zero-order valence-electron chi connectivity index (χ0n) is 13.9. The molecule has 2 heterocycles. The highest BCUT2D eigenvalue weighted by atomic mass is 15.4. The third kappa shape index (κ3) is 2.97. The van der Waals surface area contributed by atoms with Crippen molar-refractivity contribution in [1.82, 2.24) is 20.3 Å². The SMILES string of the molecule is Cc1ccccc1-c1cccc(-c2cn(C3CCNCC3)nn2)c1. The Hall–Kier alpha value is -2.46. The van der Waals surface area contributed by atoms with Crippen molar-refractivity contribution in [1.29, 1.82) is 0 Å². The highest BCUT2D eigenvalue weighted by molar-refractivity contribution is 5.73. The number of rotatable bonds is 3. The smallest absolute Gasteiger partial charge is 0.113 e. The van der Waals surface area contributed by atoms with E-state index < -0.39 is 0 Å². The van der Waals surface area contributed by atoms with Crippen molar-refractivity contribution in [2.45, 2.75) is 25.8 Å². The van der Waals surface area contributed by atoms with Crippen LogP contribution in [0.3, 0.4) is 0 Å². The number of piperidine rings is 1. The molecular formula is C20H22N4. The van der Waals surface area contributed by atoms with Crippen molar-refractivity contribution in [2.75, 3.05) is 13.1 Å². The lowest BCUT2D eigenvalue weighted by molar-refractivity contribution is 0.337. The first-order valence-electron chi connectivity index (χ1n) is 8.60. The lowest BCUT2D eigenvalue weighted by Crippen LogP contribution is -2.29. The topological polar surface area (TPSA) is 42.7 Å². The second kappa shape index (κ2) is 6.57. The summed E-state index contributed by atoms with van der Waals surface area (Å²) in [5.41, 5.74) is 5.85. The minimum Gasteiger partial charge on any atom is -0.317 e. The molecule has 0 unspecified atom stereocenters. The average molecular weight is 318 g/mol. The zero-order valence-corrected chi connectivity index (χ0v) is 13.9. The van der Waals surface area contributed by atoms with Crippen LogP contribution in [-0.2, 0) is 0 Å². The largest absolute Gasteiger partial charge is 0.317 e. The van der Waals surface area contributed by atoms with E-state index in [1.165, 1.54) is 16.7 Å². The number of hydrogen-bond donors (Lipinski definition) is 1. The second-order valence-electron chi connectivity index (χ2n) is 6.46. The standard InChI is InChI=1S/C20H22N4/c1-15-5-2-3-8-19(15)16-6-4-7-17(13-16)20-14-24(23-22-20)18-9-11-21-12-10-18/h2-8,13-14,18,21H,9-12H2,1H3. The van der Waals surface area contributed by atoms with Gasteiger partial charge < -0.3 is 5.32 Å². The number of nitrogens with zero attached hydrogens (tertiary/aromatic N) is 3. The Morgan fingerprint density at radius 1 is 1.00 bits per heavy atom. The molecule has 1 aromatic heterocycles. The first-order chi connectivity index (χ1) is 11.8. The summed E-state index contributed by atoms with van der Waals surface area (Å²) in [6, 6.07) is 17.5. The summed E-state index contributed by atoms with van der Waals surface area (Å²) in [4.78, 5) is 0. The van der Waals surface area contributed by atoms with Crippen LogP contribution in [0, 0.1) is 6.92 Å². The first kappa shape index (κ1) is 15.1. The molecule has 0 radical (unpaired) electrons. The van der Waals surface area contributed by atoms with Crippen LogP contribution in [0.1, 0.15) is 24.4 Å². The van der Waals surface area contributed by atoms with E-state index in [1.807, 2.05) is 4.68 Å². The van der Waals surface area contributed by atoms with Crippen LogP contribution >= 0.6 is 0 Å². The minimum absolute atomic E-state index is 0.465. The molecule has 0 aliphatic carbocycles. The maximum Gasteiger partial charge on any atom is 0.113 e. The van der Waals surface area contributed by atoms with Crippen LogP contribution in [0.25, 0.3) is 22.4 Å². The molecule has 1 aliphatic heterocycles. The van der Waals surface area contributed by atoms with Crippen LogP contribution < -0.4 is 5.32 Å². The predicted molar refractivity (Wildman–Crippen MR) is 96.8 cm³/mol. The van der Waals surface area contributed by atoms with Gasteiger partial charge in [-0.15, -0.1) is 5.10 Å². The molecule has 0 atom stereocenters. The molecule has 24 heavy (non-hydrogen) atoms. The van der Waals surface area contributed by atoms with Gasteiger partial charge in [0.2, 0.25) is 0 Å².